The topological polar surface area (TPSA) is 55.4 Å². The molecule has 0 amide bonds. The second-order valence-corrected chi connectivity index (χ2v) is 5.35. The summed E-state index contributed by atoms with van der Waals surface area (Å²) in [4.78, 5) is -0.981. The summed E-state index contributed by atoms with van der Waals surface area (Å²) in [6.45, 7) is 3.44. The van der Waals surface area contributed by atoms with Crippen molar-refractivity contribution in [3.8, 4) is 0 Å². The first-order valence-corrected chi connectivity index (χ1v) is 5.95. The van der Waals surface area contributed by atoms with Gasteiger partial charge in [0.05, 0.1) is 6.61 Å². The SMILES string of the molecule is CCC1(S(C)(=O)=O)CNCCO1. The summed E-state index contributed by atoms with van der Waals surface area (Å²) in [6.07, 6.45) is 1.72. The zero-order valence-corrected chi connectivity index (χ0v) is 8.28. The summed E-state index contributed by atoms with van der Waals surface area (Å²) in [5, 5.41) is 3.03. The van der Waals surface area contributed by atoms with E-state index >= 15 is 0 Å². The first kappa shape index (κ1) is 9.95. The summed E-state index contributed by atoms with van der Waals surface area (Å²) in [5.74, 6) is 0. The van der Waals surface area contributed by atoms with E-state index in [-0.39, 0.29) is 0 Å². The zero-order chi connectivity index (χ0) is 9.24. The van der Waals surface area contributed by atoms with Gasteiger partial charge in [0.2, 0.25) is 0 Å². The van der Waals surface area contributed by atoms with E-state index in [2.05, 4.69) is 5.32 Å². The molecule has 1 N–H and O–H groups in total. The molecule has 1 unspecified atom stereocenters. The van der Waals surface area contributed by atoms with Gasteiger partial charge in [0.25, 0.3) is 0 Å². The number of nitrogens with one attached hydrogen (secondary N) is 1. The Hall–Kier alpha value is -0.130. The van der Waals surface area contributed by atoms with Crippen molar-refractivity contribution >= 4 is 9.84 Å². The van der Waals surface area contributed by atoms with Crippen molar-refractivity contribution in [3.05, 3.63) is 0 Å². The largest absolute Gasteiger partial charge is 0.356 e. The third-order valence-electron chi connectivity index (χ3n) is 2.25. The van der Waals surface area contributed by atoms with E-state index in [1.54, 1.807) is 0 Å². The molecule has 1 saturated heterocycles. The third-order valence-corrected chi connectivity index (χ3v) is 4.16. The summed E-state index contributed by atoms with van der Waals surface area (Å²) in [7, 11) is -3.12. The van der Waals surface area contributed by atoms with Crippen LogP contribution in [0.25, 0.3) is 0 Å². The van der Waals surface area contributed by atoms with Crippen LogP contribution in [0.2, 0.25) is 0 Å². The number of hydrogen-bond acceptors (Lipinski definition) is 4. The lowest BCUT2D eigenvalue weighted by atomic mass is 10.2. The standard InChI is InChI=1S/C7H15NO3S/c1-3-7(12(2,9)10)6-8-4-5-11-7/h8H,3-6H2,1-2H3. The van der Waals surface area contributed by atoms with Crippen molar-refractivity contribution < 1.29 is 13.2 Å². The molecule has 1 fully saturated rings. The smallest absolute Gasteiger partial charge is 0.180 e. The number of morpholine rings is 1. The number of sulfone groups is 1. The quantitative estimate of drug-likeness (QED) is 0.657. The van der Waals surface area contributed by atoms with E-state index in [1.165, 1.54) is 6.26 Å². The zero-order valence-electron chi connectivity index (χ0n) is 7.46. The number of hydrogen-bond donors (Lipinski definition) is 1. The molecule has 5 heteroatoms. The van der Waals surface area contributed by atoms with Gasteiger partial charge < -0.3 is 10.1 Å². The Morgan fingerprint density at radius 3 is 2.50 bits per heavy atom. The molecule has 1 heterocycles. The molecular formula is C7H15NO3S. The molecule has 0 radical (unpaired) electrons. The molecule has 0 aromatic carbocycles. The molecule has 12 heavy (non-hydrogen) atoms. The molecule has 1 rings (SSSR count). The molecule has 0 aromatic rings. The van der Waals surface area contributed by atoms with Crippen LogP contribution in [0.4, 0.5) is 0 Å². The van der Waals surface area contributed by atoms with E-state index in [0.717, 1.165) is 6.54 Å². The highest BCUT2D eigenvalue weighted by Gasteiger charge is 2.41. The first-order chi connectivity index (χ1) is 5.52. The van der Waals surface area contributed by atoms with Crippen LogP contribution in [0.15, 0.2) is 0 Å². The Balaban J connectivity index is 2.88. The van der Waals surface area contributed by atoms with Crippen LogP contribution in [-0.4, -0.2) is 39.3 Å². The lowest BCUT2D eigenvalue weighted by Crippen LogP contribution is -2.54. The Morgan fingerprint density at radius 2 is 2.25 bits per heavy atom. The molecule has 0 bridgehead atoms. The second kappa shape index (κ2) is 3.32. The van der Waals surface area contributed by atoms with E-state index in [1.807, 2.05) is 6.92 Å². The van der Waals surface area contributed by atoms with Crippen molar-refractivity contribution in [1.82, 2.24) is 5.32 Å². The summed E-state index contributed by atoms with van der Waals surface area (Å²) < 4.78 is 28.1. The van der Waals surface area contributed by atoms with Crippen LogP contribution >= 0.6 is 0 Å². The maximum atomic E-state index is 11.4. The Kier molecular flexibility index (Phi) is 2.75. The molecule has 0 aliphatic carbocycles. The molecular weight excluding hydrogens is 178 g/mol. The van der Waals surface area contributed by atoms with Crippen LogP contribution < -0.4 is 5.32 Å². The average Bonchev–Trinajstić information content (AvgIpc) is 2.04. The maximum Gasteiger partial charge on any atom is 0.180 e. The van der Waals surface area contributed by atoms with Crippen LogP contribution in [0, 0.1) is 0 Å². The van der Waals surface area contributed by atoms with Gasteiger partial charge in [-0.25, -0.2) is 8.42 Å². The van der Waals surface area contributed by atoms with Gasteiger partial charge in [-0.2, -0.15) is 0 Å². The van der Waals surface area contributed by atoms with E-state index in [9.17, 15) is 8.42 Å². The third kappa shape index (κ3) is 1.62. The normalized spacial score (nSPS) is 31.8. The van der Waals surface area contributed by atoms with E-state index in [0.29, 0.717) is 19.6 Å². The summed E-state index contributed by atoms with van der Waals surface area (Å²) in [5.41, 5.74) is 0. The van der Waals surface area contributed by atoms with Crippen LogP contribution in [0.3, 0.4) is 0 Å². The minimum Gasteiger partial charge on any atom is -0.356 e. The minimum absolute atomic E-state index is 0.405. The fourth-order valence-electron chi connectivity index (χ4n) is 1.37. The number of rotatable bonds is 2. The predicted molar refractivity (Wildman–Crippen MR) is 46.7 cm³/mol. The highest BCUT2D eigenvalue weighted by atomic mass is 32.2. The van der Waals surface area contributed by atoms with Gasteiger partial charge in [-0.3, -0.25) is 0 Å². The summed E-state index contributed by atoms with van der Waals surface area (Å²) in [6, 6.07) is 0. The van der Waals surface area contributed by atoms with Crippen molar-refractivity contribution in [3.63, 3.8) is 0 Å². The molecule has 1 atom stereocenters. The molecule has 72 valence electrons. The molecule has 1 aliphatic heterocycles. The fraction of sp³-hybridized carbons (Fsp3) is 1.00. The van der Waals surface area contributed by atoms with Gasteiger partial charge in [0, 0.05) is 19.3 Å². The molecule has 1 aliphatic rings. The molecule has 0 aromatic heterocycles. The van der Waals surface area contributed by atoms with Gasteiger partial charge in [0.1, 0.15) is 0 Å². The lowest BCUT2D eigenvalue weighted by Gasteiger charge is -2.34. The van der Waals surface area contributed by atoms with Crippen molar-refractivity contribution in [1.29, 1.82) is 0 Å². The van der Waals surface area contributed by atoms with E-state index in [4.69, 9.17) is 4.74 Å². The van der Waals surface area contributed by atoms with Crippen LogP contribution in [0.5, 0.6) is 0 Å². The van der Waals surface area contributed by atoms with Crippen LogP contribution in [-0.2, 0) is 14.6 Å². The maximum absolute atomic E-state index is 11.4. The highest BCUT2D eigenvalue weighted by Crippen LogP contribution is 2.23. The first-order valence-electron chi connectivity index (χ1n) is 4.06. The fourth-order valence-corrected chi connectivity index (χ4v) is 2.55. The Morgan fingerprint density at radius 1 is 1.58 bits per heavy atom. The van der Waals surface area contributed by atoms with E-state index < -0.39 is 14.8 Å². The monoisotopic (exact) mass is 193 g/mol. The Bertz CT molecular complexity index is 241. The average molecular weight is 193 g/mol. The van der Waals surface area contributed by atoms with Crippen molar-refractivity contribution in [2.75, 3.05) is 26.0 Å². The van der Waals surface area contributed by atoms with Gasteiger partial charge in [0.15, 0.2) is 14.8 Å². The van der Waals surface area contributed by atoms with Gasteiger partial charge >= 0.3 is 0 Å². The van der Waals surface area contributed by atoms with Crippen molar-refractivity contribution in [2.24, 2.45) is 0 Å². The predicted octanol–water partition coefficient (Wildman–Crippen LogP) is -0.243. The lowest BCUT2D eigenvalue weighted by molar-refractivity contribution is -0.00713. The molecule has 0 saturated carbocycles. The second-order valence-electron chi connectivity index (χ2n) is 3.06. The molecule has 0 spiro atoms. The Labute approximate surface area is 73.2 Å². The van der Waals surface area contributed by atoms with Crippen molar-refractivity contribution in [2.45, 2.75) is 18.3 Å². The van der Waals surface area contributed by atoms with Gasteiger partial charge in [-0.1, -0.05) is 6.92 Å². The minimum atomic E-state index is -3.12. The van der Waals surface area contributed by atoms with Gasteiger partial charge in [-0.05, 0) is 6.42 Å². The molecule has 4 nitrogen and oxygen atoms in total. The van der Waals surface area contributed by atoms with Crippen LogP contribution in [0.1, 0.15) is 13.3 Å². The highest BCUT2D eigenvalue weighted by molar-refractivity contribution is 7.92. The summed E-state index contributed by atoms with van der Waals surface area (Å²) >= 11 is 0. The number of ether oxygens (including phenoxy) is 1. The van der Waals surface area contributed by atoms with Gasteiger partial charge in [-0.15, -0.1) is 0 Å².